The summed E-state index contributed by atoms with van der Waals surface area (Å²) in [6.07, 6.45) is 1.82. The van der Waals surface area contributed by atoms with E-state index in [0.29, 0.717) is 5.56 Å². The van der Waals surface area contributed by atoms with Crippen LogP contribution in [0.3, 0.4) is 0 Å². The van der Waals surface area contributed by atoms with Crippen LogP contribution < -0.4 is 5.32 Å². The van der Waals surface area contributed by atoms with E-state index in [4.69, 9.17) is 4.74 Å². The van der Waals surface area contributed by atoms with Gasteiger partial charge in [-0.25, -0.2) is 0 Å². The Morgan fingerprint density at radius 2 is 2.00 bits per heavy atom. The first-order valence-corrected chi connectivity index (χ1v) is 4.67. The molecule has 0 radical (unpaired) electrons. The van der Waals surface area contributed by atoms with Crippen LogP contribution in [-0.4, -0.2) is 19.9 Å². The van der Waals surface area contributed by atoms with E-state index >= 15 is 0 Å². The first kappa shape index (κ1) is 12.2. The molecule has 1 fully saturated rings. The molecule has 0 aliphatic carbocycles. The minimum absolute atomic E-state index is 0. The Morgan fingerprint density at radius 1 is 1.40 bits per heavy atom. The van der Waals surface area contributed by atoms with Crippen LogP contribution in [0.15, 0.2) is 24.3 Å². The Morgan fingerprint density at radius 3 is 2.33 bits per heavy atom. The fraction of sp³-hybridized carbons (Fsp3) is 0.364. The molecular weight excluding hydrogens is 214 g/mol. The molecule has 1 N–H and O–H groups in total. The van der Waals surface area contributed by atoms with Crippen molar-refractivity contribution in [1.29, 1.82) is 0 Å². The van der Waals surface area contributed by atoms with Gasteiger partial charge in [0.2, 0.25) is 0 Å². The molecule has 0 bridgehead atoms. The van der Waals surface area contributed by atoms with E-state index in [2.05, 4.69) is 5.32 Å². The molecule has 1 aromatic carbocycles. The molecule has 2 rings (SSSR count). The number of ether oxygens (including phenoxy) is 1. The van der Waals surface area contributed by atoms with Crippen molar-refractivity contribution in [2.75, 3.05) is 13.7 Å². The Labute approximate surface area is 95.2 Å². The number of aldehydes is 1. The molecule has 1 aliphatic heterocycles. The summed E-state index contributed by atoms with van der Waals surface area (Å²) in [6, 6.07) is 7.48. The maximum atomic E-state index is 10.5. The lowest BCUT2D eigenvalue weighted by Gasteiger charge is -2.42. The van der Waals surface area contributed by atoms with Crippen LogP contribution in [0, 0.1) is 0 Å². The molecule has 1 aromatic rings. The number of halogens is 1. The molecule has 3 nitrogen and oxygen atoms in total. The fourth-order valence-electron chi connectivity index (χ4n) is 1.72. The van der Waals surface area contributed by atoms with Crippen molar-refractivity contribution in [1.82, 2.24) is 5.32 Å². The number of rotatable bonds is 3. The van der Waals surface area contributed by atoms with Gasteiger partial charge < -0.3 is 4.74 Å². The number of nitrogens with one attached hydrogen (secondary N) is 1. The number of carbonyl (C=O) groups is 1. The quantitative estimate of drug-likeness (QED) is 0.800. The third-order valence-corrected chi connectivity index (χ3v) is 2.75. The predicted octanol–water partition coefficient (Wildman–Crippen LogP) is 1.71. The number of hydrogen-bond acceptors (Lipinski definition) is 3. The molecule has 0 saturated carbocycles. The van der Waals surface area contributed by atoms with Gasteiger partial charge in [-0.2, -0.15) is 0 Å². The van der Waals surface area contributed by atoms with E-state index in [1.54, 1.807) is 7.11 Å². The van der Waals surface area contributed by atoms with Crippen LogP contribution in [0.2, 0.25) is 0 Å². The van der Waals surface area contributed by atoms with Gasteiger partial charge >= 0.3 is 0 Å². The zero-order valence-electron chi connectivity index (χ0n) is 8.53. The van der Waals surface area contributed by atoms with E-state index in [1.807, 2.05) is 24.3 Å². The second kappa shape index (κ2) is 4.75. The molecule has 1 atom stereocenters. The van der Waals surface area contributed by atoms with Crippen molar-refractivity contribution in [3.63, 3.8) is 0 Å². The average Bonchev–Trinajstić information content (AvgIpc) is 2.18. The maximum Gasteiger partial charge on any atom is 0.150 e. The third kappa shape index (κ3) is 2.04. The summed E-state index contributed by atoms with van der Waals surface area (Å²) in [4.78, 5) is 10.5. The Bertz CT molecular complexity index is 327. The Kier molecular flexibility index (Phi) is 3.85. The molecule has 0 unspecified atom stereocenters. The van der Waals surface area contributed by atoms with Crippen molar-refractivity contribution in [3.05, 3.63) is 35.4 Å². The van der Waals surface area contributed by atoms with Crippen molar-refractivity contribution < 1.29 is 9.53 Å². The van der Waals surface area contributed by atoms with Crippen molar-refractivity contribution >= 4 is 18.7 Å². The van der Waals surface area contributed by atoms with Gasteiger partial charge in [0.25, 0.3) is 0 Å². The second-order valence-corrected chi connectivity index (χ2v) is 3.45. The van der Waals surface area contributed by atoms with Crippen molar-refractivity contribution in [2.24, 2.45) is 0 Å². The van der Waals surface area contributed by atoms with Gasteiger partial charge in [0, 0.05) is 25.6 Å². The first-order valence-electron chi connectivity index (χ1n) is 4.67. The molecular formula is C11H14ClNO2. The number of methoxy groups -OCH3 is 1. The summed E-state index contributed by atoms with van der Waals surface area (Å²) in [5, 5.41) is 3.25. The second-order valence-electron chi connectivity index (χ2n) is 3.45. The Balaban J connectivity index is 0.00000112. The number of carbonyl (C=O) groups excluding carboxylic acids is 1. The highest BCUT2D eigenvalue weighted by Gasteiger charge is 2.38. The summed E-state index contributed by atoms with van der Waals surface area (Å²) in [5.41, 5.74) is 1.46. The average molecular weight is 228 g/mol. The van der Waals surface area contributed by atoms with Crippen LogP contribution in [0.4, 0.5) is 0 Å². The van der Waals surface area contributed by atoms with Crippen LogP contribution in [0.1, 0.15) is 22.3 Å². The zero-order valence-corrected chi connectivity index (χ0v) is 9.34. The van der Waals surface area contributed by atoms with Gasteiger partial charge in [0.15, 0.2) is 0 Å². The van der Waals surface area contributed by atoms with E-state index in [9.17, 15) is 4.79 Å². The van der Waals surface area contributed by atoms with Crippen LogP contribution in [0.25, 0.3) is 0 Å². The van der Waals surface area contributed by atoms with E-state index < -0.39 is 0 Å². The molecule has 1 aliphatic rings. The van der Waals surface area contributed by atoms with Gasteiger partial charge in [-0.1, -0.05) is 24.3 Å². The topological polar surface area (TPSA) is 38.3 Å². The molecule has 1 heterocycles. The molecule has 15 heavy (non-hydrogen) atoms. The van der Waals surface area contributed by atoms with Crippen LogP contribution in [0.5, 0.6) is 0 Å². The lowest BCUT2D eigenvalue weighted by molar-refractivity contribution is -0.0971. The molecule has 1 saturated heterocycles. The number of hydrogen-bond donors (Lipinski definition) is 1. The maximum absolute atomic E-state index is 10.5. The smallest absolute Gasteiger partial charge is 0.150 e. The molecule has 0 aromatic heterocycles. The highest BCUT2D eigenvalue weighted by molar-refractivity contribution is 5.85. The summed E-state index contributed by atoms with van der Waals surface area (Å²) < 4.78 is 5.43. The minimum atomic E-state index is -0.318. The summed E-state index contributed by atoms with van der Waals surface area (Å²) in [6.45, 7) is 0.975. The van der Waals surface area contributed by atoms with Crippen molar-refractivity contribution in [3.8, 4) is 0 Å². The highest BCUT2D eigenvalue weighted by atomic mass is 35.5. The lowest BCUT2D eigenvalue weighted by Crippen LogP contribution is -2.55. The van der Waals surface area contributed by atoms with Gasteiger partial charge in [0.05, 0.1) is 0 Å². The van der Waals surface area contributed by atoms with E-state index in [1.165, 1.54) is 0 Å². The molecule has 0 spiro atoms. The summed E-state index contributed by atoms with van der Waals surface area (Å²) in [5.74, 6) is 0. The van der Waals surface area contributed by atoms with Crippen molar-refractivity contribution in [2.45, 2.75) is 12.1 Å². The van der Waals surface area contributed by atoms with Crippen LogP contribution in [-0.2, 0) is 10.5 Å². The normalized spacial score (nSPS) is 23.8. The standard InChI is InChI=1S/C11H13NO2.ClH/c1-14-11(6-7-12-11)10-4-2-9(8-13)3-5-10;/h2-5,8,12H,6-7H2,1H3;1H/t11-;/m1./s1. The minimum Gasteiger partial charge on any atom is -0.360 e. The largest absolute Gasteiger partial charge is 0.360 e. The van der Waals surface area contributed by atoms with Gasteiger partial charge in [-0.15, -0.1) is 12.4 Å². The Hall–Kier alpha value is -0.900. The lowest BCUT2D eigenvalue weighted by atomic mass is 9.92. The molecule has 82 valence electrons. The highest BCUT2D eigenvalue weighted by Crippen LogP contribution is 2.31. The zero-order chi connectivity index (χ0) is 10.0. The predicted molar refractivity (Wildman–Crippen MR) is 60.4 cm³/mol. The van der Waals surface area contributed by atoms with Gasteiger partial charge in [-0.3, -0.25) is 10.1 Å². The van der Waals surface area contributed by atoms with E-state index in [-0.39, 0.29) is 18.1 Å². The van der Waals surface area contributed by atoms with Gasteiger partial charge in [0.1, 0.15) is 12.0 Å². The van der Waals surface area contributed by atoms with Crippen LogP contribution >= 0.6 is 12.4 Å². The summed E-state index contributed by atoms with van der Waals surface area (Å²) in [7, 11) is 1.69. The first-order chi connectivity index (χ1) is 6.80. The van der Waals surface area contributed by atoms with E-state index in [0.717, 1.165) is 24.8 Å². The third-order valence-electron chi connectivity index (χ3n) is 2.75. The molecule has 4 heteroatoms. The fourth-order valence-corrected chi connectivity index (χ4v) is 1.72. The monoisotopic (exact) mass is 227 g/mol. The molecule has 0 amide bonds. The van der Waals surface area contributed by atoms with Gasteiger partial charge in [-0.05, 0) is 5.56 Å². The SMILES string of the molecule is CO[C@@]1(c2ccc(C=O)cc2)CCN1.Cl. The number of benzene rings is 1. The summed E-state index contributed by atoms with van der Waals surface area (Å²) >= 11 is 0.